The molecule has 0 aliphatic heterocycles. The molecule has 0 radical (unpaired) electrons. The van der Waals surface area contributed by atoms with Crippen LogP contribution in [-0.2, 0) is 5.60 Å². The zero-order valence-corrected chi connectivity index (χ0v) is 11.8. The fourth-order valence-corrected chi connectivity index (χ4v) is 3.24. The molecule has 2 rings (SSSR count). The van der Waals surface area contributed by atoms with Crippen LogP contribution < -0.4 is 0 Å². The van der Waals surface area contributed by atoms with Gasteiger partial charge in [-0.2, -0.15) is 5.26 Å². The van der Waals surface area contributed by atoms with E-state index in [1.165, 1.54) is 0 Å². The summed E-state index contributed by atoms with van der Waals surface area (Å²) in [5, 5.41) is 20.5. The van der Waals surface area contributed by atoms with E-state index in [0.717, 1.165) is 23.7 Å². The van der Waals surface area contributed by atoms with Gasteiger partial charge in [-0.05, 0) is 31.9 Å². The van der Waals surface area contributed by atoms with Crippen LogP contribution in [0.15, 0.2) is 22.7 Å². The molecular weight excluding hydrogens is 302 g/mol. The maximum absolute atomic E-state index is 10.7. The molecule has 0 aromatic heterocycles. The molecule has 1 atom stereocenters. The molecule has 1 aliphatic rings. The van der Waals surface area contributed by atoms with Gasteiger partial charge in [-0.1, -0.05) is 40.0 Å². The quantitative estimate of drug-likeness (QED) is 0.896. The maximum Gasteiger partial charge on any atom is 0.107 e. The van der Waals surface area contributed by atoms with Gasteiger partial charge in [0.2, 0.25) is 0 Å². The summed E-state index contributed by atoms with van der Waals surface area (Å²) in [5.74, 6) is 0. The van der Waals surface area contributed by atoms with E-state index in [2.05, 4.69) is 22.0 Å². The summed E-state index contributed by atoms with van der Waals surface area (Å²) in [6.45, 7) is 1.69. The first kappa shape index (κ1) is 12.9. The Balaban J connectivity index is 2.48. The first-order valence-electron chi connectivity index (χ1n) is 5.52. The predicted octanol–water partition coefficient (Wildman–Crippen LogP) is 4.00. The highest BCUT2D eigenvalue weighted by atomic mass is 79.9. The molecule has 1 fully saturated rings. The number of nitrogens with zero attached hydrogens (tertiary/aromatic N) is 1. The lowest BCUT2D eigenvalue weighted by Crippen LogP contribution is -2.47. The van der Waals surface area contributed by atoms with Gasteiger partial charge in [0.1, 0.15) is 5.60 Å². The molecule has 1 N–H and O–H groups in total. The van der Waals surface area contributed by atoms with Crippen LogP contribution in [0.25, 0.3) is 0 Å². The highest BCUT2D eigenvalue weighted by Gasteiger charge is 2.53. The molecule has 1 aromatic rings. The van der Waals surface area contributed by atoms with Crippen molar-refractivity contribution in [3.8, 4) is 6.07 Å². The molecule has 0 heterocycles. The third kappa shape index (κ3) is 1.89. The fraction of sp³-hybridized carbons (Fsp3) is 0.462. The van der Waals surface area contributed by atoms with Crippen molar-refractivity contribution >= 4 is 27.5 Å². The maximum atomic E-state index is 10.7. The Morgan fingerprint density at radius 2 is 2.18 bits per heavy atom. The summed E-state index contributed by atoms with van der Waals surface area (Å²) in [6, 6.07) is 7.63. The minimum atomic E-state index is -1.20. The number of aliphatic hydroxyl groups is 1. The van der Waals surface area contributed by atoms with Gasteiger partial charge < -0.3 is 5.11 Å². The molecule has 1 unspecified atom stereocenters. The second-order valence-corrected chi connectivity index (χ2v) is 6.07. The first-order chi connectivity index (χ1) is 7.93. The van der Waals surface area contributed by atoms with Crippen LogP contribution in [0.3, 0.4) is 0 Å². The Morgan fingerprint density at radius 3 is 2.59 bits per heavy atom. The molecule has 4 heteroatoms. The topological polar surface area (TPSA) is 44.0 Å². The summed E-state index contributed by atoms with van der Waals surface area (Å²) >= 11 is 9.49. The van der Waals surface area contributed by atoms with Gasteiger partial charge in [-0.3, -0.25) is 0 Å². The summed E-state index contributed by atoms with van der Waals surface area (Å²) in [6.07, 6.45) is 2.43. The summed E-state index contributed by atoms with van der Waals surface area (Å²) in [4.78, 5) is 0. The zero-order chi connectivity index (χ0) is 12.7. The number of rotatable bonds is 2. The van der Waals surface area contributed by atoms with Gasteiger partial charge in [0, 0.05) is 15.1 Å². The average Bonchev–Trinajstić information content (AvgIpc) is 2.15. The highest BCUT2D eigenvalue weighted by molar-refractivity contribution is 9.10. The van der Waals surface area contributed by atoms with E-state index in [-0.39, 0.29) is 0 Å². The smallest absolute Gasteiger partial charge is 0.107 e. The van der Waals surface area contributed by atoms with Crippen molar-refractivity contribution in [3.05, 3.63) is 33.3 Å². The van der Waals surface area contributed by atoms with Crippen molar-refractivity contribution in [1.29, 1.82) is 5.26 Å². The van der Waals surface area contributed by atoms with Crippen LogP contribution in [0.4, 0.5) is 0 Å². The Hall–Kier alpha value is -0.560. The Bertz CT molecular complexity index is 489. The number of halogens is 2. The van der Waals surface area contributed by atoms with E-state index in [9.17, 15) is 10.4 Å². The molecular formula is C13H13BrClNO. The molecule has 17 heavy (non-hydrogen) atoms. The van der Waals surface area contributed by atoms with Crippen LogP contribution in [0.2, 0.25) is 5.02 Å². The van der Waals surface area contributed by atoms with Crippen molar-refractivity contribution in [1.82, 2.24) is 0 Å². The Labute approximate surface area is 114 Å². The van der Waals surface area contributed by atoms with Gasteiger partial charge in [0.05, 0.1) is 11.5 Å². The number of nitriles is 1. The van der Waals surface area contributed by atoms with Crippen LogP contribution >= 0.6 is 27.5 Å². The lowest BCUT2D eigenvalue weighted by Gasteiger charge is -2.47. The van der Waals surface area contributed by atoms with Gasteiger partial charge in [-0.25, -0.2) is 0 Å². The number of hydrogen-bond acceptors (Lipinski definition) is 2. The summed E-state index contributed by atoms with van der Waals surface area (Å²) in [7, 11) is 0. The van der Waals surface area contributed by atoms with E-state index < -0.39 is 11.0 Å². The molecule has 0 bridgehead atoms. The van der Waals surface area contributed by atoms with E-state index in [1.54, 1.807) is 19.1 Å². The predicted molar refractivity (Wildman–Crippen MR) is 70.6 cm³/mol. The Morgan fingerprint density at radius 1 is 1.53 bits per heavy atom. The van der Waals surface area contributed by atoms with Crippen molar-refractivity contribution in [3.63, 3.8) is 0 Å². The Kier molecular flexibility index (Phi) is 3.24. The third-order valence-electron chi connectivity index (χ3n) is 3.81. The number of hydrogen-bond donors (Lipinski definition) is 1. The third-order valence-corrected chi connectivity index (χ3v) is 4.61. The van der Waals surface area contributed by atoms with E-state index in [0.29, 0.717) is 10.6 Å². The standard InChI is InChI=1S/C13H13BrClNO/c1-12(17,13(8-16)5-2-6-13)10-4-3-9(14)7-11(10)15/h3-4,7,17H,2,5-6H2,1H3. The van der Waals surface area contributed by atoms with Gasteiger partial charge >= 0.3 is 0 Å². The average molecular weight is 315 g/mol. The molecule has 1 aromatic carbocycles. The van der Waals surface area contributed by atoms with Crippen molar-refractivity contribution < 1.29 is 5.11 Å². The minimum Gasteiger partial charge on any atom is -0.384 e. The normalized spacial score (nSPS) is 21.1. The van der Waals surface area contributed by atoms with Crippen LogP contribution in [0, 0.1) is 16.7 Å². The SMILES string of the molecule is CC(O)(c1ccc(Br)cc1Cl)C1(C#N)CCC1. The molecule has 0 spiro atoms. The number of benzene rings is 1. The molecule has 1 saturated carbocycles. The highest BCUT2D eigenvalue weighted by Crippen LogP contribution is 2.54. The second kappa shape index (κ2) is 4.28. The zero-order valence-electron chi connectivity index (χ0n) is 9.50. The van der Waals surface area contributed by atoms with E-state index in [1.807, 2.05) is 6.07 Å². The largest absolute Gasteiger partial charge is 0.384 e. The summed E-state index contributed by atoms with van der Waals surface area (Å²) < 4.78 is 0.863. The summed E-state index contributed by atoms with van der Waals surface area (Å²) in [5.41, 5.74) is -1.26. The van der Waals surface area contributed by atoms with Gasteiger partial charge in [0.25, 0.3) is 0 Å². The second-order valence-electron chi connectivity index (χ2n) is 4.74. The minimum absolute atomic E-state index is 0.492. The molecule has 2 nitrogen and oxygen atoms in total. The monoisotopic (exact) mass is 313 g/mol. The van der Waals surface area contributed by atoms with E-state index >= 15 is 0 Å². The first-order valence-corrected chi connectivity index (χ1v) is 6.69. The fourth-order valence-electron chi connectivity index (χ4n) is 2.38. The van der Waals surface area contributed by atoms with Crippen LogP contribution in [-0.4, -0.2) is 5.11 Å². The van der Waals surface area contributed by atoms with Crippen molar-refractivity contribution in [2.24, 2.45) is 5.41 Å². The lowest BCUT2D eigenvalue weighted by molar-refractivity contribution is -0.0857. The van der Waals surface area contributed by atoms with Crippen molar-refractivity contribution in [2.75, 3.05) is 0 Å². The van der Waals surface area contributed by atoms with Gasteiger partial charge in [-0.15, -0.1) is 0 Å². The molecule has 90 valence electrons. The van der Waals surface area contributed by atoms with Crippen LogP contribution in [0.5, 0.6) is 0 Å². The molecule has 0 amide bonds. The van der Waals surface area contributed by atoms with Gasteiger partial charge in [0.15, 0.2) is 0 Å². The van der Waals surface area contributed by atoms with Crippen LogP contribution in [0.1, 0.15) is 31.7 Å². The van der Waals surface area contributed by atoms with Crippen molar-refractivity contribution in [2.45, 2.75) is 31.8 Å². The molecule has 1 aliphatic carbocycles. The van der Waals surface area contributed by atoms with E-state index in [4.69, 9.17) is 11.6 Å². The lowest BCUT2D eigenvalue weighted by atomic mass is 9.58. The molecule has 0 saturated heterocycles.